The molecule has 1 atom stereocenters. The molecule has 8 nitrogen and oxygen atoms in total. The molecule has 0 fully saturated rings. The Balaban J connectivity index is 1.86. The van der Waals surface area contributed by atoms with Crippen LogP contribution in [0.2, 0.25) is 0 Å². The molecule has 2 aromatic carbocycles. The average molecular weight is 482 g/mol. The SMILES string of the molecule is CC(C)[C@@H](NS(=O)(=O)c1ccc2c(c1)oc(=O)n2C)C(=O)Nc1ccc(Br)cc1. The predicted octanol–water partition coefficient (Wildman–Crippen LogP) is 2.84. The summed E-state index contributed by atoms with van der Waals surface area (Å²) in [6.45, 7) is 3.49. The Hall–Kier alpha value is -2.43. The van der Waals surface area contributed by atoms with E-state index in [1.54, 1.807) is 38.1 Å². The van der Waals surface area contributed by atoms with Crippen LogP contribution in [0.1, 0.15) is 13.8 Å². The molecule has 1 aromatic heterocycles. The number of fused-ring (bicyclic) bond motifs is 1. The van der Waals surface area contributed by atoms with Gasteiger partial charge in [-0.3, -0.25) is 9.36 Å². The van der Waals surface area contributed by atoms with Crippen molar-refractivity contribution >= 4 is 48.6 Å². The maximum absolute atomic E-state index is 12.9. The number of aryl methyl sites for hydroxylation is 1. The highest BCUT2D eigenvalue weighted by Crippen LogP contribution is 2.20. The highest BCUT2D eigenvalue weighted by atomic mass is 79.9. The largest absolute Gasteiger partial charge is 0.419 e. The number of anilines is 1. The van der Waals surface area contributed by atoms with E-state index in [4.69, 9.17) is 4.42 Å². The Morgan fingerprint density at radius 2 is 1.79 bits per heavy atom. The van der Waals surface area contributed by atoms with Crippen molar-refractivity contribution in [2.75, 3.05) is 5.32 Å². The standard InChI is InChI=1S/C19H20BrN3O5S/c1-11(2)17(18(24)21-13-6-4-12(20)5-7-13)22-29(26,27)14-8-9-15-16(10-14)28-19(25)23(15)3/h4-11,17,22H,1-3H3,(H,21,24)/t17-/m1/s1. The van der Waals surface area contributed by atoms with Gasteiger partial charge >= 0.3 is 5.76 Å². The van der Waals surface area contributed by atoms with Gasteiger partial charge in [0.2, 0.25) is 15.9 Å². The fourth-order valence-electron chi connectivity index (χ4n) is 2.76. The molecule has 0 spiro atoms. The van der Waals surface area contributed by atoms with Crippen molar-refractivity contribution in [1.82, 2.24) is 9.29 Å². The van der Waals surface area contributed by atoms with E-state index in [2.05, 4.69) is 26.0 Å². The number of halogens is 1. The van der Waals surface area contributed by atoms with Crippen LogP contribution >= 0.6 is 15.9 Å². The Bertz CT molecular complexity index is 1210. The molecule has 0 radical (unpaired) electrons. The Morgan fingerprint density at radius 3 is 2.41 bits per heavy atom. The monoisotopic (exact) mass is 481 g/mol. The third-order valence-electron chi connectivity index (χ3n) is 4.42. The van der Waals surface area contributed by atoms with Crippen LogP contribution in [-0.2, 0) is 21.9 Å². The molecule has 1 amide bonds. The summed E-state index contributed by atoms with van der Waals surface area (Å²) in [4.78, 5) is 24.2. The van der Waals surface area contributed by atoms with E-state index in [-0.39, 0.29) is 16.4 Å². The number of benzene rings is 2. The minimum absolute atomic E-state index is 0.0959. The van der Waals surface area contributed by atoms with Crippen molar-refractivity contribution in [3.05, 3.63) is 57.5 Å². The van der Waals surface area contributed by atoms with Crippen LogP contribution in [0.3, 0.4) is 0 Å². The zero-order chi connectivity index (χ0) is 21.3. The van der Waals surface area contributed by atoms with Gasteiger partial charge in [-0.1, -0.05) is 29.8 Å². The number of sulfonamides is 1. The van der Waals surface area contributed by atoms with Gasteiger partial charge in [0.15, 0.2) is 5.58 Å². The molecule has 0 bridgehead atoms. The van der Waals surface area contributed by atoms with E-state index in [1.165, 1.54) is 29.8 Å². The van der Waals surface area contributed by atoms with Gasteiger partial charge in [-0.15, -0.1) is 0 Å². The van der Waals surface area contributed by atoms with E-state index >= 15 is 0 Å². The van der Waals surface area contributed by atoms with Crippen molar-refractivity contribution < 1.29 is 17.6 Å². The second-order valence-electron chi connectivity index (χ2n) is 6.90. The number of nitrogens with one attached hydrogen (secondary N) is 2. The molecular weight excluding hydrogens is 462 g/mol. The normalized spacial score (nSPS) is 13.0. The number of oxazole rings is 1. The van der Waals surface area contributed by atoms with Crippen molar-refractivity contribution in [1.29, 1.82) is 0 Å². The number of nitrogens with zero attached hydrogens (tertiary/aromatic N) is 1. The van der Waals surface area contributed by atoms with Crippen molar-refractivity contribution in [3.8, 4) is 0 Å². The third kappa shape index (κ3) is 4.60. The average Bonchev–Trinajstić information content (AvgIpc) is 2.95. The van der Waals surface area contributed by atoms with Crippen LogP contribution in [0.5, 0.6) is 0 Å². The summed E-state index contributed by atoms with van der Waals surface area (Å²) in [6.07, 6.45) is 0. The minimum atomic E-state index is -4.03. The first-order valence-electron chi connectivity index (χ1n) is 8.77. The third-order valence-corrected chi connectivity index (χ3v) is 6.38. The van der Waals surface area contributed by atoms with E-state index < -0.39 is 27.7 Å². The summed E-state index contributed by atoms with van der Waals surface area (Å²) in [6, 6.07) is 10.1. The lowest BCUT2D eigenvalue weighted by molar-refractivity contribution is -0.118. The molecule has 0 saturated carbocycles. The fourth-order valence-corrected chi connectivity index (χ4v) is 4.39. The first kappa shape index (κ1) is 21.3. The smallest absolute Gasteiger partial charge is 0.408 e. The summed E-state index contributed by atoms with van der Waals surface area (Å²) in [5, 5.41) is 2.72. The van der Waals surface area contributed by atoms with Gasteiger partial charge in [-0.05, 0) is 42.3 Å². The zero-order valence-corrected chi connectivity index (χ0v) is 18.4. The number of hydrogen-bond donors (Lipinski definition) is 2. The quantitative estimate of drug-likeness (QED) is 0.562. The summed E-state index contributed by atoms with van der Waals surface area (Å²) in [7, 11) is -2.50. The lowest BCUT2D eigenvalue weighted by atomic mass is 10.0. The molecule has 29 heavy (non-hydrogen) atoms. The highest BCUT2D eigenvalue weighted by molar-refractivity contribution is 9.10. The van der Waals surface area contributed by atoms with Gasteiger partial charge in [-0.25, -0.2) is 13.2 Å². The Kier molecular flexibility index (Phi) is 5.97. The topological polar surface area (TPSA) is 110 Å². The lowest BCUT2D eigenvalue weighted by Crippen LogP contribution is -2.47. The van der Waals surface area contributed by atoms with E-state index in [0.717, 1.165) is 4.47 Å². The molecule has 3 aromatic rings. The van der Waals surface area contributed by atoms with E-state index in [1.807, 2.05) is 0 Å². The van der Waals surface area contributed by atoms with Crippen molar-refractivity contribution in [2.45, 2.75) is 24.8 Å². The van der Waals surface area contributed by atoms with Crippen LogP contribution in [0.25, 0.3) is 11.1 Å². The number of rotatable bonds is 6. The maximum atomic E-state index is 12.9. The van der Waals surface area contributed by atoms with Crippen LogP contribution in [0.4, 0.5) is 5.69 Å². The second-order valence-corrected chi connectivity index (χ2v) is 9.53. The molecular formula is C19H20BrN3O5S. The summed E-state index contributed by atoms with van der Waals surface area (Å²) in [5.41, 5.74) is 1.18. The molecule has 0 aliphatic heterocycles. The van der Waals surface area contributed by atoms with Gasteiger partial charge in [0, 0.05) is 23.3 Å². The van der Waals surface area contributed by atoms with Gasteiger partial charge in [0.1, 0.15) is 6.04 Å². The van der Waals surface area contributed by atoms with Gasteiger partial charge in [0.05, 0.1) is 10.4 Å². The van der Waals surface area contributed by atoms with Gasteiger partial charge < -0.3 is 9.73 Å². The van der Waals surface area contributed by atoms with Crippen LogP contribution in [0.15, 0.2) is 61.0 Å². The van der Waals surface area contributed by atoms with Crippen LogP contribution in [-0.4, -0.2) is 24.9 Å². The van der Waals surface area contributed by atoms with Crippen molar-refractivity contribution in [3.63, 3.8) is 0 Å². The second kappa shape index (κ2) is 8.13. The number of carbonyl (C=O) groups is 1. The van der Waals surface area contributed by atoms with Crippen molar-refractivity contribution in [2.24, 2.45) is 13.0 Å². The molecule has 154 valence electrons. The maximum Gasteiger partial charge on any atom is 0.419 e. The summed E-state index contributed by atoms with van der Waals surface area (Å²) >= 11 is 3.32. The molecule has 2 N–H and O–H groups in total. The number of hydrogen-bond acceptors (Lipinski definition) is 5. The number of carbonyl (C=O) groups excluding carboxylic acids is 1. The van der Waals surface area contributed by atoms with E-state index in [9.17, 15) is 18.0 Å². The highest BCUT2D eigenvalue weighted by Gasteiger charge is 2.29. The minimum Gasteiger partial charge on any atom is -0.408 e. The molecule has 0 aliphatic rings. The first-order valence-corrected chi connectivity index (χ1v) is 11.0. The van der Waals surface area contributed by atoms with Gasteiger partial charge in [-0.2, -0.15) is 4.72 Å². The Morgan fingerprint density at radius 1 is 1.14 bits per heavy atom. The summed E-state index contributed by atoms with van der Waals surface area (Å²) in [5.74, 6) is -1.37. The molecule has 0 aliphatic carbocycles. The molecule has 0 saturated heterocycles. The molecule has 3 rings (SSSR count). The van der Waals surface area contributed by atoms with Crippen LogP contribution in [0, 0.1) is 5.92 Å². The zero-order valence-electron chi connectivity index (χ0n) is 16.0. The molecule has 0 unspecified atom stereocenters. The van der Waals surface area contributed by atoms with Crippen LogP contribution < -0.4 is 15.8 Å². The first-order chi connectivity index (χ1) is 13.6. The van der Waals surface area contributed by atoms with Gasteiger partial charge in [0.25, 0.3) is 0 Å². The fraction of sp³-hybridized carbons (Fsp3) is 0.263. The molecule has 1 heterocycles. The number of aromatic nitrogens is 1. The predicted molar refractivity (Wildman–Crippen MR) is 113 cm³/mol. The number of amides is 1. The Labute approximate surface area is 176 Å². The lowest BCUT2D eigenvalue weighted by Gasteiger charge is -2.21. The molecule has 10 heteroatoms. The summed E-state index contributed by atoms with van der Waals surface area (Å²) < 4.78 is 35.4. The van der Waals surface area contributed by atoms with E-state index in [0.29, 0.717) is 11.2 Å².